The number of halogens is 1. The van der Waals surface area contributed by atoms with Crippen LogP contribution in [0.25, 0.3) is 17.3 Å². The normalized spacial score (nSPS) is 11.8. The van der Waals surface area contributed by atoms with Gasteiger partial charge in [0.2, 0.25) is 5.91 Å². The van der Waals surface area contributed by atoms with Crippen molar-refractivity contribution in [1.82, 2.24) is 10.3 Å². The number of rotatable bonds is 13. The molecule has 0 saturated carbocycles. The van der Waals surface area contributed by atoms with Crippen LogP contribution in [-0.4, -0.2) is 34.6 Å². The highest BCUT2D eigenvalue weighted by Crippen LogP contribution is 2.31. The third-order valence-electron chi connectivity index (χ3n) is 6.96. The lowest BCUT2D eigenvalue weighted by Crippen LogP contribution is -2.30. The Morgan fingerprint density at radius 3 is 2.42 bits per heavy atom. The quantitative estimate of drug-likeness (QED) is 0.0822. The Bertz CT molecular complexity index is 1910. The van der Waals surface area contributed by atoms with Crippen molar-refractivity contribution < 1.29 is 19.1 Å². The van der Waals surface area contributed by atoms with Gasteiger partial charge >= 0.3 is 0 Å². The Hall–Kier alpha value is -4.71. The summed E-state index contributed by atoms with van der Waals surface area (Å²) < 4.78 is 6.72. The first-order chi connectivity index (χ1) is 23.3. The van der Waals surface area contributed by atoms with Crippen molar-refractivity contribution in [1.29, 1.82) is 0 Å². The molecule has 0 aliphatic carbocycles. The van der Waals surface area contributed by atoms with E-state index < -0.39 is 17.1 Å². The fraction of sp³-hybridized carbons (Fsp3) is 0.135. The minimum Gasteiger partial charge on any atom is -0.493 e. The molecule has 3 amide bonds. The van der Waals surface area contributed by atoms with Crippen molar-refractivity contribution in [3.05, 3.63) is 130 Å². The molecule has 4 aromatic carbocycles. The molecule has 244 valence electrons. The lowest BCUT2D eigenvalue weighted by Gasteiger charge is -2.15. The van der Waals surface area contributed by atoms with Crippen LogP contribution in [0.2, 0.25) is 0 Å². The van der Waals surface area contributed by atoms with Gasteiger partial charge < -0.3 is 20.7 Å². The Kier molecular flexibility index (Phi) is 12.2. The van der Waals surface area contributed by atoms with Gasteiger partial charge in [0.25, 0.3) is 11.8 Å². The monoisotopic (exact) mass is 740 g/mol. The summed E-state index contributed by atoms with van der Waals surface area (Å²) in [6.45, 7) is 4.27. The van der Waals surface area contributed by atoms with Gasteiger partial charge in [-0.05, 0) is 68.0 Å². The Morgan fingerprint density at radius 1 is 0.917 bits per heavy atom. The fourth-order valence-electron chi connectivity index (χ4n) is 4.59. The van der Waals surface area contributed by atoms with E-state index in [0.29, 0.717) is 40.7 Å². The van der Waals surface area contributed by atoms with E-state index >= 15 is 0 Å². The number of aromatic nitrogens is 1. The predicted octanol–water partition coefficient (Wildman–Crippen LogP) is 8.89. The molecule has 5 aromatic rings. The number of benzene rings is 4. The topological polar surface area (TPSA) is 109 Å². The number of nitrogens with zero attached hydrogens (tertiary/aromatic N) is 1. The number of thioether (sulfide) groups is 1. The van der Waals surface area contributed by atoms with E-state index in [1.807, 2.05) is 79.9 Å². The number of hydrogen-bond acceptors (Lipinski definition) is 7. The SMILES string of the molecule is CCOc1ccccc1/C=C(/NC(=O)c1ccccc1)C(=O)Nc1cccc(SC(CC)C(=O)Nc2nc(-c3ccc(Br)cc3)cs2)c1. The van der Waals surface area contributed by atoms with Crippen LogP contribution in [0.3, 0.4) is 0 Å². The average Bonchev–Trinajstić information content (AvgIpc) is 3.57. The summed E-state index contributed by atoms with van der Waals surface area (Å²) >= 11 is 6.22. The van der Waals surface area contributed by atoms with Crippen molar-refractivity contribution in [3.8, 4) is 17.0 Å². The summed E-state index contributed by atoms with van der Waals surface area (Å²) in [5.41, 5.74) is 3.37. The standard InChI is InChI=1S/C37H33BrN4O4S2/c1-3-33(36(45)42-37-41-31(23-47-37)24-17-19-27(38)20-18-24)48-29-15-10-14-28(22-29)39-35(44)30(40-34(43)25-11-6-5-7-12-25)21-26-13-8-9-16-32(26)46-4-2/h5-23,33H,3-4H2,1-2H3,(H,39,44)(H,40,43)(H,41,42,45)/b30-21+. The number of hydrogen-bond donors (Lipinski definition) is 3. The third kappa shape index (κ3) is 9.43. The van der Waals surface area contributed by atoms with Gasteiger partial charge in [0.15, 0.2) is 5.13 Å². The maximum atomic E-state index is 13.7. The van der Waals surface area contributed by atoms with E-state index in [1.165, 1.54) is 23.1 Å². The van der Waals surface area contributed by atoms with Crippen LogP contribution < -0.4 is 20.7 Å². The molecule has 1 unspecified atom stereocenters. The van der Waals surface area contributed by atoms with Gasteiger partial charge in [-0.2, -0.15) is 0 Å². The van der Waals surface area contributed by atoms with Crippen LogP contribution in [0.15, 0.2) is 124 Å². The Balaban J connectivity index is 1.29. The average molecular weight is 742 g/mol. The van der Waals surface area contributed by atoms with Gasteiger partial charge in [-0.1, -0.05) is 77.5 Å². The van der Waals surface area contributed by atoms with Gasteiger partial charge in [-0.15, -0.1) is 23.1 Å². The predicted molar refractivity (Wildman–Crippen MR) is 198 cm³/mol. The number of ether oxygens (including phenoxy) is 1. The number of para-hydroxylation sites is 1. The molecule has 48 heavy (non-hydrogen) atoms. The van der Waals surface area contributed by atoms with Crippen LogP contribution in [0, 0.1) is 0 Å². The van der Waals surface area contributed by atoms with E-state index in [-0.39, 0.29) is 11.6 Å². The largest absolute Gasteiger partial charge is 0.493 e. The second-order valence-corrected chi connectivity index (χ2v) is 13.4. The van der Waals surface area contributed by atoms with Crippen molar-refractivity contribution in [2.24, 2.45) is 0 Å². The van der Waals surface area contributed by atoms with Crippen LogP contribution in [-0.2, 0) is 9.59 Å². The molecule has 11 heteroatoms. The maximum absolute atomic E-state index is 13.7. The molecule has 1 aromatic heterocycles. The summed E-state index contributed by atoms with van der Waals surface area (Å²) in [5.74, 6) is -0.502. The van der Waals surface area contributed by atoms with Gasteiger partial charge in [0, 0.05) is 37.1 Å². The summed E-state index contributed by atoms with van der Waals surface area (Å²) in [4.78, 5) is 45.4. The molecule has 0 bridgehead atoms. The number of anilines is 2. The first kappa shape index (κ1) is 34.6. The number of carbonyl (C=O) groups is 3. The molecular formula is C37H33BrN4O4S2. The Labute approximate surface area is 296 Å². The van der Waals surface area contributed by atoms with Gasteiger partial charge in [-0.25, -0.2) is 4.98 Å². The van der Waals surface area contributed by atoms with Crippen molar-refractivity contribution >= 4 is 73.6 Å². The van der Waals surface area contributed by atoms with Gasteiger partial charge in [-0.3, -0.25) is 14.4 Å². The summed E-state index contributed by atoms with van der Waals surface area (Å²) in [6.07, 6.45) is 2.17. The van der Waals surface area contributed by atoms with E-state index in [0.717, 1.165) is 20.6 Å². The number of carbonyl (C=O) groups excluding carboxylic acids is 3. The molecular weight excluding hydrogens is 708 g/mol. The summed E-state index contributed by atoms with van der Waals surface area (Å²) in [5, 5.41) is 10.7. The van der Waals surface area contributed by atoms with Crippen molar-refractivity contribution in [3.63, 3.8) is 0 Å². The number of nitrogens with one attached hydrogen (secondary N) is 3. The Morgan fingerprint density at radius 2 is 1.67 bits per heavy atom. The molecule has 0 aliphatic rings. The highest BCUT2D eigenvalue weighted by atomic mass is 79.9. The molecule has 8 nitrogen and oxygen atoms in total. The van der Waals surface area contributed by atoms with E-state index in [1.54, 1.807) is 48.5 Å². The molecule has 0 radical (unpaired) electrons. The zero-order valence-electron chi connectivity index (χ0n) is 26.2. The maximum Gasteiger partial charge on any atom is 0.272 e. The fourth-order valence-corrected chi connectivity index (χ4v) is 6.59. The van der Waals surface area contributed by atoms with E-state index in [9.17, 15) is 14.4 Å². The molecule has 3 N–H and O–H groups in total. The highest BCUT2D eigenvalue weighted by molar-refractivity contribution is 9.10. The van der Waals surface area contributed by atoms with Crippen LogP contribution in [0.4, 0.5) is 10.8 Å². The zero-order valence-corrected chi connectivity index (χ0v) is 29.5. The van der Waals surface area contributed by atoms with Crippen LogP contribution >= 0.6 is 39.0 Å². The number of thiazole rings is 1. The van der Waals surface area contributed by atoms with Gasteiger partial charge in [0.1, 0.15) is 11.4 Å². The molecule has 0 aliphatic heterocycles. The van der Waals surface area contributed by atoms with E-state index in [2.05, 4.69) is 36.9 Å². The molecule has 1 atom stereocenters. The van der Waals surface area contributed by atoms with Crippen LogP contribution in [0.1, 0.15) is 36.2 Å². The second-order valence-electron chi connectivity index (χ2n) is 10.4. The minimum atomic E-state index is -0.511. The van der Waals surface area contributed by atoms with E-state index in [4.69, 9.17) is 4.74 Å². The molecule has 5 rings (SSSR count). The van der Waals surface area contributed by atoms with Gasteiger partial charge in [0.05, 0.1) is 17.6 Å². The number of amides is 3. The smallest absolute Gasteiger partial charge is 0.272 e. The zero-order chi connectivity index (χ0) is 33.9. The first-order valence-corrected chi connectivity index (χ1v) is 17.8. The molecule has 0 saturated heterocycles. The highest BCUT2D eigenvalue weighted by Gasteiger charge is 2.21. The van der Waals surface area contributed by atoms with Crippen molar-refractivity contribution in [2.75, 3.05) is 17.2 Å². The lowest BCUT2D eigenvalue weighted by atomic mass is 10.1. The molecule has 0 spiro atoms. The molecule has 1 heterocycles. The summed E-state index contributed by atoms with van der Waals surface area (Å²) in [6, 6.07) is 31.1. The van der Waals surface area contributed by atoms with Crippen LogP contribution in [0.5, 0.6) is 5.75 Å². The van der Waals surface area contributed by atoms with Crippen molar-refractivity contribution in [2.45, 2.75) is 30.4 Å². The summed E-state index contributed by atoms with van der Waals surface area (Å²) in [7, 11) is 0. The lowest BCUT2D eigenvalue weighted by molar-refractivity contribution is -0.116. The minimum absolute atomic E-state index is 0.0471. The molecule has 0 fully saturated rings. The first-order valence-electron chi connectivity index (χ1n) is 15.2. The third-order valence-corrected chi connectivity index (χ3v) is 9.60. The second kappa shape index (κ2) is 16.9.